The van der Waals surface area contributed by atoms with Gasteiger partial charge in [0.05, 0.1) is 22.2 Å². The molecule has 4 aromatic rings. The number of thioether (sulfide) groups is 1. The van der Waals surface area contributed by atoms with Gasteiger partial charge in [-0.3, -0.25) is 23.7 Å². The van der Waals surface area contributed by atoms with Crippen LogP contribution in [0.4, 0.5) is 33.3 Å². The summed E-state index contributed by atoms with van der Waals surface area (Å²) in [6, 6.07) is 14.2. The lowest BCUT2D eigenvalue weighted by atomic mass is 9.83. The topological polar surface area (TPSA) is 88.5 Å². The van der Waals surface area contributed by atoms with Gasteiger partial charge in [-0.2, -0.15) is 13.2 Å². The minimum Gasteiger partial charge on any atom is -0.325 e. The molecule has 2 aliphatic heterocycles. The van der Waals surface area contributed by atoms with Crippen LogP contribution in [0.2, 0.25) is 0 Å². The summed E-state index contributed by atoms with van der Waals surface area (Å²) in [7, 11) is 0. The standard InChI is InChI=1S/C29H18F5N3O4S2/c30-15-7-5-14(6-8-15)21-22-23(26(40)37(25(22)39)19-4-2-1-3-18(19)29(32,33)34)42-27-24(21)43-28(41)36(27)13-20(38)35-17-11-9-16(31)10-12-17/h1-12,21-23H,13H2,(H,35,38). The number of alkyl halides is 3. The lowest BCUT2D eigenvalue weighted by molar-refractivity contribution is -0.137. The van der Waals surface area contributed by atoms with Crippen molar-refractivity contribution in [3.8, 4) is 0 Å². The summed E-state index contributed by atoms with van der Waals surface area (Å²) in [6.45, 7) is -0.495. The number of fused-ring (bicyclic) bond motifs is 2. The van der Waals surface area contributed by atoms with E-state index in [4.69, 9.17) is 0 Å². The third kappa shape index (κ3) is 5.14. The van der Waals surface area contributed by atoms with E-state index in [0.29, 0.717) is 15.3 Å². The van der Waals surface area contributed by atoms with Crippen molar-refractivity contribution in [1.82, 2.24) is 4.57 Å². The van der Waals surface area contributed by atoms with Crippen LogP contribution >= 0.6 is 23.1 Å². The van der Waals surface area contributed by atoms with Gasteiger partial charge in [0.15, 0.2) is 0 Å². The third-order valence-corrected chi connectivity index (χ3v) is 9.76. The van der Waals surface area contributed by atoms with Crippen molar-refractivity contribution in [3.05, 3.63) is 110 Å². The lowest BCUT2D eigenvalue weighted by Crippen LogP contribution is -2.33. The second kappa shape index (κ2) is 10.8. The van der Waals surface area contributed by atoms with Crippen molar-refractivity contribution in [2.24, 2.45) is 5.92 Å². The number of halogens is 5. The predicted octanol–water partition coefficient (Wildman–Crippen LogP) is 5.64. The number of aromatic nitrogens is 1. The lowest BCUT2D eigenvalue weighted by Gasteiger charge is -2.30. The highest BCUT2D eigenvalue weighted by Crippen LogP contribution is 2.54. The Hall–Kier alpha value is -4.30. The van der Waals surface area contributed by atoms with E-state index >= 15 is 0 Å². The highest BCUT2D eigenvalue weighted by atomic mass is 32.2. The summed E-state index contributed by atoms with van der Waals surface area (Å²) in [5, 5.41) is 1.52. The number of thiazole rings is 1. The summed E-state index contributed by atoms with van der Waals surface area (Å²) in [5.74, 6) is -5.72. The van der Waals surface area contributed by atoms with Crippen LogP contribution in [-0.2, 0) is 27.1 Å². The number of nitrogens with one attached hydrogen (secondary N) is 1. The van der Waals surface area contributed by atoms with Crippen molar-refractivity contribution in [2.45, 2.75) is 28.9 Å². The fraction of sp³-hybridized carbons (Fsp3) is 0.172. The van der Waals surface area contributed by atoms with E-state index in [2.05, 4.69) is 5.32 Å². The Balaban J connectivity index is 1.43. The molecule has 0 radical (unpaired) electrons. The van der Waals surface area contributed by atoms with Gasteiger partial charge in [-0.1, -0.05) is 47.4 Å². The molecule has 220 valence electrons. The van der Waals surface area contributed by atoms with E-state index in [1.807, 2.05) is 0 Å². The number of anilines is 2. The summed E-state index contributed by atoms with van der Waals surface area (Å²) in [6.07, 6.45) is -4.86. The normalized spacial score (nSPS) is 19.7. The number of amides is 3. The van der Waals surface area contributed by atoms with E-state index in [1.54, 1.807) is 0 Å². The van der Waals surface area contributed by atoms with Gasteiger partial charge >= 0.3 is 11.0 Å². The molecule has 6 rings (SSSR count). The van der Waals surface area contributed by atoms with Crippen molar-refractivity contribution in [3.63, 3.8) is 0 Å². The fourth-order valence-corrected chi connectivity index (χ4v) is 8.08. The fourth-order valence-electron chi connectivity index (χ4n) is 5.31. The first-order chi connectivity index (χ1) is 20.4. The molecule has 1 fully saturated rings. The SMILES string of the molecule is O=C(Cn1c2c(sc1=O)C(c1ccc(F)cc1)C1C(=O)N(c3ccccc3C(F)(F)F)C(=O)C1S2)Nc1ccc(F)cc1. The average Bonchev–Trinajstić information content (AvgIpc) is 3.40. The van der Waals surface area contributed by atoms with Crippen molar-refractivity contribution >= 4 is 52.2 Å². The minimum absolute atomic E-state index is 0.201. The van der Waals surface area contributed by atoms with Crippen LogP contribution in [0.25, 0.3) is 0 Å². The Labute approximate surface area is 247 Å². The molecular formula is C29H18F5N3O4S2. The predicted molar refractivity (Wildman–Crippen MR) is 149 cm³/mol. The Morgan fingerprint density at radius 2 is 1.49 bits per heavy atom. The van der Waals surface area contributed by atoms with Gasteiger partial charge in [-0.15, -0.1) is 0 Å². The Morgan fingerprint density at radius 3 is 2.14 bits per heavy atom. The number of carbonyl (C=O) groups excluding carboxylic acids is 3. The molecule has 3 amide bonds. The van der Waals surface area contributed by atoms with Crippen LogP contribution in [0.1, 0.15) is 21.9 Å². The maximum atomic E-state index is 13.9. The van der Waals surface area contributed by atoms with E-state index in [1.165, 1.54) is 30.3 Å². The molecule has 43 heavy (non-hydrogen) atoms. The summed E-state index contributed by atoms with van der Waals surface area (Å²) < 4.78 is 69.9. The average molecular weight is 632 g/mol. The minimum atomic E-state index is -4.86. The number of hydrogen-bond acceptors (Lipinski definition) is 6. The number of rotatable bonds is 5. The second-order valence-electron chi connectivity index (χ2n) is 9.80. The molecule has 0 aliphatic carbocycles. The van der Waals surface area contributed by atoms with Crippen LogP contribution in [0.5, 0.6) is 0 Å². The molecule has 3 unspecified atom stereocenters. The van der Waals surface area contributed by atoms with Crippen LogP contribution < -0.4 is 15.1 Å². The maximum absolute atomic E-state index is 13.9. The number of imide groups is 1. The molecule has 3 aromatic carbocycles. The molecule has 0 spiro atoms. The summed E-state index contributed by atoms with van der Waals surface area (Å²) in [5.41, 5.74) is -1.13. The van der Waals surface area contributed by atoms with E-state index in [-0.39, 0.29) is 10.7 Å². The van der Waals surface area contributed by atoms with Gasteiger partial charge in [0.2, 0.25) is 17.7 Å². The van der Waals surface area contributed by atoms with Gasteiger partial charge < -0.3 is 5.32 Å². The van der Waals surface area contributed by atoms with Crippen molar-refractivity contribution in [2.75, 3.05) is 10.2 Å². The molecule has 14 heteroatoms. The monoisotopic (exact) mass is 631 g/mol. The highest BCUT2D eigenvalue weighted by Gasteiger charge is 2.57. The Morgan fingerprint density at radius 1 is 0.860 bits per heavy atom. The van der Waals surface area contributed by atoms with Gasteiger partial charge in [0.1, 0.15) is 23.4 Å². The molecule has 0 bridgehead atoms. The van der Waals surface area contributed by atoms with E-state index in [0.717, 1.165) is 70.1 Å². The molecule has 1 N–H and O–H groups in total. The maximum Gasteiger partial charge on any atom is 0.418 e. The zero-order valence-electron chi connectivity index (χ0n) is 21.6. The first kappa shape index (κ1) is 28.8. The number of hydrogen-bond donors (Lipinski definition) is 1. The third-order valence-electron chi connectivity index (χ3n) is 7.16. The second-order valence-corrected chi connectivity index (χ2v) is 11.9. The number of carbonyl (C=O) groups is 3. The summed E-state index contributed by atoms with van der Waals surface area (Å²) >= 11 is 1.56. The van der Waals surface area contributed by atoms with Gasteiger partial charge in [-0.25, -0.2) is 13.7 Å². The zero-order valence-corrected chi connectivity index (χ0v) is 23.2. The van der Waals surface area contributed by atoms with Crippen LogP contribution in [0.15, 0.2) is 82.6 Å². The summed E-state index contributed by atoms with van der Waals surface area (Å²) in [4.78, 5) is 53.9. The Bertz CT molecular complexity index is 1820. The quantitative estimate of drug-likeness (QED) is 0.228. The number of para-hydroxylation sites is 1. The van der Waals surface area contributed by atoms with Crippen molar-refractivity contribution < 1.29 is 36.3 Å². The molecule has 1 saturated heterocycles. The molecular weight excluding hydrogens is 613 g/mol. The van der Waals surface area contributed by atoms with Gasteiger partial charge in [0, 0.05) is 16.5 Å². The Kier molecular flexibility index (Phi) is 7.21. The number of benzene rings is 3. The van der Waals surface area contributed by atoms with E-state index < -0.39 is 75.3 Å². The van der Waals surface area contributed by atoms with Crippen LogP contribution in [0, 0.1) is 17.6 Å². The molecule has 7 nitrogen and oxygen atoms in total. The smallest absolute Gasteiger partial charge is 0.325 e. The highest BCUT2D eigenvalue weighted by molar-refractivity contribution is 8.00. The van der Waals surface area contributed by atoms with E-state index in [9.17, 15) is 41.1 Å². The largest absolute Gasteiger partial charge is 0.418 e. The molecule has 1 aromatic heterocycles. The molecule has 0 saturated carbocycles. The molecule has 2 aliphatic rings. The zero-order chi connectivity index (χ0) is 30.6. The van der Waals surface area contributed by atoms with Gasteiger partial charge in [0.25, 0.3) is 0 Å². The first-order valence-electron chi connectivity index (χ1n) is 12.7. The van der Waals surface area contributed by atoms with Gasteiger partial charge in [-0.05, 0) is 54.1 Å². The van der Waals surface area contributed by atoms with Crippen LogP contribution in [0.3, 0.4) is 0 Å². The molecule has 3 heterocycles. The van der Waals surface area contributed by atoms with Crippen LogP contribution in [-0.4, -0.2) is 27.5 Å². The van der Waals surface area contributed by atoms with Crippen molar-refractivity contribution in [1.29, 1.82) is 0 Å². The molecule has 3 atom stereocenters. The number of nitrogens with zero attached hydrogens (tertiary/aromatic N) is 2. The first-order valence-corrected chi connectivity index (χ1v) is 14.4.